The molecule has 0 amide bonds. The average Bonchev–Trinajstić information content (AvgIpc) is 3.16. The summed E-state index contributed by atoms with van der Waals surface area (Å²) in [5.74, 6) is 0. The third-order valence-electron chi connectivity index (χ3n) is 2.79. The summed E-state index contributed by atoms with van der Waals surface area (Å²) in [5.41, 5.74) is 2.65. The number of aliphatic hydroxyl groups excluding tert-OH is 2. The fourth-order valence-corrected chi connectivity index (χ4v) is 1.79. The standard InChI is InChI=1S/2C8H11O.C3H6.2ClH.Zr/c2*9-7-3-6-8-4-1-2-5-8;1-3-2;;;/h2*4-5,9H,1,3,6-7H2;1-2H3;2*1H;/q2*-1;;;;+2/p-2. The van der Waals surface area contributed by atoms with Gasteiger partial charge in [0, 0.05) is 13.2 Å². The van der Waals surface area contributed by atoms with Gasteiger partial charge in [-0.1, -0.05) is 12.8 Å². The Kier molecular flexibility index (Phi) is 25.7. The van der Waals surface area contributed by atoms with E-state index in [0.717, 1.165) is 38.5 Å². The van der Waals surface area contributed by atoms with Crippen LogP contribution in [-0.4, -0.2) is 26.6 Å². The molecule has 24 heavy (non-hydrogen) atoms. The zero-order chi connectivity index (χ0) is 16.6. The molecule has 0 unspecified atom stereocenters. The van der Waals surface area contributed by atoms with Crippen LogP contribution < -0.4 is 24.8 Å². The molecule has 2 nitrogen and oxygen atoms in total. The van der Waals surface area contributed by atoms with Crippen LogP contribution in [-0.2, 0) is 24.2 Å². The molecule has 0 radical (unpaired) electrons. The molecule has 0 saturated carbocycles. The van der Waals surface area contributed by atoms with Gasteiger partial charge in [0.2, 0.25) is 0 Å². The van der Waals surface area contributed by atoms with Crippen LogP contribution in [0.25, 0.3) is 0 Å². The van der Waals surface area contributed by atoms with Crippen molar-refractivity contribution < 1.29 is 59.3 Å². The Labute approximate surface area is 175 Å². The van der Waals surface area contributed by atoms with Gasteiger partial charge in [-0.15, -0.1) is 12.8 Å². The van der Waals surface area contributed by atoms with E-state index in [1.54, 1.807) is 24.2 Å². The van der Waals surface area contributed by atoms with E-state index >= 15 is 0 Å². The van der Waals surface area contributed by atoms with Gasteiger partial charge in [0.1, 0.15) is 0 Å². The predicted octanol–water partition coefficient (Wildman–Crippen LogP) is -2.35. The maximum atomic E-state index is 8.47. The van der Waals surface area contributed by atoms with E-state index in [0.29, 0.717) is 13.2 Å². The molecule has 2 aliphatic rings. The van der Waals surface area contributed by atoms with Crippen LogP contribution in [0.2, 0.25) is 0 Å². The topological polar surface area (TPSA) is 40.5 Å². The first-order chi connectivity index (χ1) is 10.6. The number of allylic oxidation sites excluding steroid dienone is 8. The number of rotatable bonds is 6. The van der Waals surface area contributed by atoms with E-state index in [1.807, 2.05) is 12.2 Å². The van der Waals surface area contributed by atoms with Crippen LogP contribution in [0.15, 0.2) is 35.5 Å². The van der Waals surface area contributed by atoms with Gasteiger partial charge in [0.15, 0.2) is 0 Å². The predicted molar refractivity (Wildman–Crippen MR) is 90.0 cm³/mol. The Bertz CT molecular complexity index is 389. The SMILES string of the molecule is C[C](C)=[Zr+2].OCCCC1=CC[C-]=C1.OCCCC1=CC[C-]=C1.[Cl-].[Cl-]. The van der Waals surface area contributed by atoms with Crippen molar-refractivity contribution in [2.24, 2.45) is 0 Å². The van der Waals surface area contributed by atoms with Gasteiger partial charge in [-0.05, 0) is 12.8 Å². The molecule has 0 aromatic heterocycles. The minimum absolute atomic E-state index is 0. The Balaban J connectivity index is -0.000000283. The molecule has 0 saturated heterocycles. The monoisotopic (exact) mass is 448 g/mol. The van der Waals surface area contributed by atoms with E-state index < -0.39 is 0 Å². The van der Waals surface area contributed by atoms with Crippen molar-refractivity contribution in [3.05, 3.63) is 47.6 Å². The van der Waals surface area contributed by atoms with E-state index in [9.17, 15) is 0 Å². The Hall–Kier alpha value is 0.213. The molecule has 0 aromatic carbocycles. The first kappa shape index (κ1) is 29.0. The second-order valence-corrected chi connectivity index (χ2v) is 7.78. The molecule has 0 heterocycles. The molecular weight excluding hydrogens is 422 g/mol. The minimum atomic E-state index is 0. The van der Waals surface area contributed by atoms with Gasteiger partial charge < -0.3 is 35.0 Å². The van der Waals surface area contributed by atoms with Crippen LogP contribution in [0, 0.1) is 12.2 Å². The minimum Gasteiger partial charge on any atom is -1.00 e. The average molecular weight is 451 g/mol. The molecular formula is C19H28Cl2O2Zr-2. The maximum Gasteiger partial charge on any atom is 0.0420 e. The first-order valence-electron chi connectivity index (χ1n) is 7.85. The second-order valence-electron chi connectivity index (χ2n) is 5.32. The Morgan fingerprint density at radius 2 is 1.25 bits per heavy atom. The quantitative estimate of drug-likeness (QED) is 0.445. The Morgan fingerprint density at radius 1 is 0.917 bits per heavy atom. The molecule has 136 valence electrons. The molecule has 0 aliphatic heterocycles. The number of halogens is 2. The number of aliphatic hydroxyl groups is 2. The molecule has 2 aliphatic carbocycles. The summed E-state index contributed by atoms with van der Waals surface area (Å²) in [6.45, 7) is 4.84. The summed E-state index contributed by atoms with van der Waals surface area (Å²) in [4.78, 5) is 0. The van der Waals surface area contributed by atoms with Gasteiger partial charge >= 0.3 is 41.3 Å². The smallest absolute Gasteiger partial charge is 0.0420 e. The fraction of sp³-hybridized carbons (Fsp3) is 0.526. The third-order valence-corrected chi connectivity index (χ3v) is 2.79. The van der Waals surface area contributed by atoms with E-state index in [4.69, 9.17) is 10.2 Å². The van der Waals surface area contributed by atoms with Crippen LogP contribution in [0.3, 0.4) is 0 Å². The number of hydrogen-bond donors (Lipinski definition) is 2. The largest absolute Gasteiger partial charge is 1.00 e. The van der Waals surface area contributed by atoms with Crippen LogP contribution in [0.1, 0.15) is 52.4 Å². The molecule has 2 rings (SSSR count). The van der Waals surface area contributed by atoms with Gasteiger partial charge in [0.05, 0.1) is 0 Å². The molecule has 0 fully saturated rings. The van der Waals surface area contributed by atoms with Crippen molar-refractivity contribution in [3.8, 4) is 0 Å². The van der Waals surface area contributed by atoms with Crippen molar-refractivity contribution in [2.45, 2.75) is 52.4 Å². The summed E-state index contributed by atoms with van der Waals surface area (Å²) >= 11 is 1.55. The van der Waals surface area contributed by atoms with Gasteiger partial charge in [-0.2, -0.15) is 12.2 Å². The number of hydrogen-bond acceptors (Lipinski definition) is 2. The Morgan fingerprint density at radius 3 is 1.46 bits per heavy atom. The van der Waals surface area contributed by atoms with Gasteiger partial charge in [0.25, 0.3) is 0 Å². The van der Waals surface area contributed by atoms with Crippen LogP contribution in [0.5, 0.6) is 0 Å². The summed E-state index contributed by atoms with van der Waals surface area (Å²) in [6, 6.07) is 0. The molecule has 0 atom stereocenters. The van der Waals surface area contributed by atoms with Crippen molar-refractivity contribution in [1.29, 1.82) is 0 Å². The molecule has 5 heteroatoms. The van der Waals surface area contributed by atoms with E-state index in [2.05, 4.69) is 38.2 Å². The summed E-state index contributed by atoms with van der Waals surface area (Å²) in [7, 11) is 0. The van der Waals surface area contributed by atoms with E-state index in [1.165, 1.54) is 14.4 Å². The van der Waals surface area contributed by atoms with E-state index in [-0.39, 0.29) is 24.8 Å². The zero-order valence-corrected chi connectivity index (χ0v) is 18.6. The summed E-state index contributed by atoms with van der Waals surface area (Å²) in [6.07, 6.45) is 20.2. The first-order valence-corrected chi connectivity index (χ1v) is 9.07. The van der Waals surface area contributed by atoms with Crippen molar-refractivity contribution in [1.82, 2.24) is 0 Å². The maximum absolute atomic E-state index is 8.47. The molecule has 2 N–H and O–H groups in total. The van der Waals surface area contributed by atoms with Crippen LogP contribution in [0.4, 0.5) is 0 Å². The summed E-state index contributed by atoms with van der Waals surface area (Å²) in [5, 5.41) is 16.9. The molecule has 0 bridgehead atoms. The molecule has 0 aromatic rings. The van der Waals surface area contributed by atoms with Crippen molar-refractivity contribution >= 4 is 3.21 Å². The van der Waals surface area contributed by atoms with Crippen LogP contribution >= 0.6 is 0 Å². The zero-order valence-electron chi connectivity index (χ0n) is 14.6. The van der Waals surface area contributed by atoms with Gasteiger partial charge in [-0.3, -0.25) is 12.2 Å². The van der Waals surface area contributed by atoms with Crippen molar-refractivity contribution in [3.63, 3.8) is 0 Å². The summed E-state index contributed by atoms with van der Waals surface area (Å²) < 4.78 is 1.51. The normalized spacial score (nSPS) is 13.4. The molecule has 0 spiro atoms. The third kappa shape index (κ3) is 20.3. The second kappa shape index (κ2) is 21.3. The van der Waals surface area contributed by atoms with Crippen molar-refractivity contribution in [2.75, 3.05) is 13.2 Å². The van der Waals surface area contributed by atoms with Gasteiger partial charge in [-0.25, -0.2) is 23.3 Å². The fourth-order valence-electron chi connectivity index (χ4n) is 1.79.